The molecule has 0 atom stereocenters. The van der Waals surface area contributed by atoms with Gasteiger partial charge in [0, 0.05) is 7.11 Å². The lowest BCUT2D eigenvalue weighted by Gasteiger charge is -2.42. The van der Waals surface area contributed by atoms with Crippen LogP contribution in [0.3, 0.4) is 0 Å². The van der Waals surface area contributed by atoms with Gasteiger partial charge in [-0.1, -0.05) is 79.9 Å². The van der Waals surface area contributed by atoms with E-state index in [1.54, 1.807) is 7.11 Å². The first-order chi connectivity index (χ1) is 14.6. The predicted molar refractivity (Wildman–Crippen MR) is 152 cm³/mol. The molecule has 0 aliphatic rings. The second-order valence-corrected chi connectivity index (χ2v) is 23.1. The highest BCUT2D eigenvalue weighted by Crippen LogP contribution is 2.42. The quantitative estimate of drug-likeness (QED) is 0.194. The van der Waals surface area contributed by atoms with Gasteiger partial charge in [0.15, 0.2) is 8.32 Å². The SMILES string of the molecule is C#CC(=C=C(C#C[Si](C(C)C)(C(C)C)C(C)C)C(C)(C)OC)C(C)(C)O[Si](C)(C)C(C)(C)C. The Labute approximate surface area is 209 Å². The lowest BCUT2D eigenvalue weighted by Crippen LogP contribution is -2.48. The zero-order valence-corrected chi connectivity index (χ0v) is 26.6. The minimum atomic E-state index is -2.04. The Kier molecular flexibility index (Phi) is 10.8. The predicted octanol–water partition coefficient (Wildman–Crippen LogP) is 8.52. The normalized spacial score (nSPS) is 13.5. The van der Waals surface area contributed by atoms with Gasteiger partial charge in [0.25, 0.3) is 0 Å². The maximum atomic E-state index is 6.75. The van der Waals surface area contributed by atoms with E-state index in [1.807, 2.05) is 13.8 Å². The van der Waals surface area contributed by atoms with Crippen molar-refractivity contribution in [3.63, 3.8) is 0 Å². The second-order valence-electron chi connectivity index (χ2n) is 12.8. The molecule has 0 aromatic heterocycles. The third-order valence-corrected chi connectivity index (χ3v) is 18.6. The average Bonchev–Trinajstić information content (AvgIpc) is 2.61. The number of hydrogen-bond donors (Lipinski definition) is 0. The largest absolute Gasteiger partial charge is 0.407 e. The van der Waals surface area contributed by atoms with Gasteiger partial charge in [-0.2, -0.15) is 0 Å². The minimum Gasteiger partial charge on any atom is -0.407 e. The first kappa shape index (κ1) is 32.0. The van der Waals surface area contributed by atoms with Crippen molar-refractivity contribution in [3.05, 3.63) is 16.9 Å². The highest BCUT2D eigenvalue weighted by molar-refractivity contribution is 6.90. The summed E-state index contributed by atoms with van der Waals surface area (Å²) in [7, 11) is -2.24. The van der Waals surface area contributed by atoms with Crippen LogP contribution in [0.15, 0.2) is 16.9 Å². The molecule has 0 radical (unpaired) electrons. The van der Waals surface area contributed by atoms with Crippen LogP contribution in [-0.2, 0) is 9.16 Å². The van der Waals surface area contributed by atoms with Crippen molar-refractivity contribution in [2.24, 2.45) is 0 Å². The van der Waals surface area contributed by atoms with Gasteiger partial charge in [0.1, 0.15) is 13.7 Å². The van der Waals surface area contributed by atoms with Gasteiger partial charge in [-0.05, 0) is 62.5 Å². The van der Waals surface area contributed by atoms with E-state index in [0.29, 0.717) is 22.2 Å². The summed E-state index contributed by atoms with van der Waals surface area (Å²) >= 11 is 0. The summed E-state index contributed by atoms with van der Waals surface area (Å²) in [5, 5.41) is 0.0825. The third kappa shape index (κ3) is 7.49. The highest BCUT2D eigenvalue weighted by atomic mass is 28.4. The van der Waals surface area contributed by atoms with E-state index >= 15 is 0 Å². The molecule has 2 nitrogen and oxygen atoms in total. The van der Waals surface area contributed by atoms with Crippen molar-refractivity contribution < 1.29 is 9.16 Å². The monoisotopic (exact) mass is 488 g/mol. The molecule has 0 unspecified atom stereocenters. The van der Waals surface area contributed by atoms with Crippen molar-refractivity contribution >= 4 is 16.4 Å². The molecule has 0 fully saturated rings. The number of methoxy groups -OCH3 is 1. The summed E-state index contributed by atoms with van der Waals surface area (Å²) in [5.74, 6) is 6.44. The summed E-state index contributed by atoms with van der Waals surface area (Å²) in [4.78, 5) is 0. The fourth-order valence-electron chi connectivity index (χ4n) is 4.37. The maximum absolute atomic E-state index is 6.75. The van der Waals surface area contributed by atoms with E-state index in [2.05, 4.69) is 112 Å². The molecule has 188 valence electrons. The molecular formula is C29H52O2Si2. The van der Waals surface area contributed by atoms with Crippen LogP contribution < -0.4 is 0 Å². The van der Waals surface area contributed by atoms with E-state index in [1.165, 1.54) is 0 Å². The van der Waals surface area contributed by atoms with Gasteiger partial charge in [0.2, 0.25) is 0 Å². The van der Waals surface area contributed by atoms with Crippen LogP contribution in [0.4, 0.5) is 0 Å². The average molecular weight is 489 g/mol. The van der Waals surface area contributed by atoms with Gasteiger partial charge in [-0.3, -0.25) is 0 Å². The van der Waals surface area contributed by atoms with Crippen LogP contribution in [0.5, 0.6) is 0 Å². The van der Waals surface area contributed by atoms with Crippen LogP contribution in [0.25, 0.3) is 0 Å². The maximum Gasteiger partial charge on any atom is 0.193 e. The second kappa shape index (κ2) is 11.2. The molecule has 0 saturated heterocycles. The summed E-state index contributed by atoms with van der Waals surface area (Å²) in [5.41, 5.74) is 9.22. The Morgan fingerprint density at radius 3 is 1.48 bits per heavy atom. The van der Waals surface area contributed by atoms with E-state index in [9.17, 15) is 0 Å². The molecule has 0 aromatic carbocycles. The van der Waals surface area contributed by atoms with Crippen LogP contribution >= 0.6 is 0 Å². The summed E-state index contributed by atoms with van der Waals surface area (Å²) < 4.78 is 12.6. The fourth-order valence-corrected chi connectivity index (χ4v) is 11.3. The Bertz CT molecular complexity index is 819. The van der Waals surface area contributed by atoms with Crippen molar-refractivity contribution in [3.8, 4) is 23.8 Å². The van der Waals surface area contributed by atoms with Gasteiger partial charge in [0.05, 0.1) is 16.7 Å². The lowest BCUT2D eigenvalue weighted by molar-refractivity contribution is 0.0590. The van der Waals surface area contributed by atoms with Crippen LogP contribution in [0.2, 0.25) is 34.8 Å². The molecule has 0 saturated carbocycles. The highest BCUT2D eigenvalue weighted by Gasteiger charge is 2.43. The third-order valence-electron chi connectivity index (χ3n) is 7.70. The smallest absolute Gasteiger partial charge is 0.193 e. The molecule has 0 aliphatic heterocycles. The van der Waals surface area contributed by atoms with Gasteiger partial charge < -0.3 is 9.16 Å². The molecular weight excluding hydrogens is 436 g/mol. The van der Waals surface area contributed by atoms with Crippen LogP contribution in [0.1, 0.15) is 90.0 Å². The number of hydrogen-bond acceptors (Lipinski definition) is 2. The minimum absolute atomic E-state index is 0.0825. The zero-order chi connectivity index (χ0) is 26.6. The van der Waals surface area contributed by atoms with Crippen molar-refractivity contribution in [1.82, 2.24) is 0 Å². The summed E-state index contributed by atoms with van der Waals surface area (Å²) in [6, 6.07) is 0. The molecule has 0 spiro atoms. The molecule has 0 amide bonds. The Hall–Kier alpha value is -1.01. The number of rotatable bonds is 8. The van der Waals surface area contributed by atoms with E-state index in [4.69, 9.17) is 15.6 Å². The molecule has 0 rings (SSSR count). The van der Waals surface area contributed by atoms with E-state index in [-0.39, 0.29) is 5.04 Å². The van der Waals surface area contributed by atoms with Crippen molar-refractivity contribution in [1.29, 1.82) is 0 Å². The summed E-state index contributed by atoms with van der Waals surface area (Å²) in [6.45, 7) is 33.3. The molecule has 4 heteroatoms. The van der Waals surface area contributed by atoms with Crippen molar-refractivity contribution in [2.45, 2.75) is 136 Å². The van der Waals surface area contributed by atoms with Gasteiger partial charge in [-0.25, -0.2) is 0 Å². The first-order valence-corrected chi connectivity index (χ1v) is 17.5. The van der Waals surface area contributed by atoms with E-state index in [0.717, 1.165) is 5.57 Å². The molecule has 0 aromatic rings. The fraction of sp³-hybridized carbons (Fsp3) is 0.759. The standard InChI is InChI=1S/C29H52O2Si2/c1-18-25(29(13,14)31-32(16,17)27(8,9)10)21-26(28(11,12)30-15)19-20-33(22(2)3,23(4)5)24(6)7/h1,22-24H,2-17H3. The van der Waals surface area contributed by atoms with Crippen molar-refractivity contribution in [2.75, 3.05) is 7.11 Å². The zero-order valence-electron chi connectivity index (χ0n) is 24.6. The molecule has 0 N–H and O–H groups in total. The molecule has 0 heterocycles. The number of terminal acetylenes is 1. The molecule has 0 bridgehead atoms. The van der Waals surface area contributed by atoms with E-state index < -0.39 is 27.6 Å². The first-order valence-electron chi connectivity index (χ1n) is 12.4. The Balaban J connectivity index is 7.13. The Morgan fingerprint density at radius 2 is 1.18 bits per heavy atom. The Morgan fingerprint density at radius 1 is 0.758 bits per heavy atom. The summed E-state index contributed by atoms with van der Waals surface area (Å²) in [6.07, 6.45) is 6.04. The number of ether oxygens (including phenoxy) is 1. The molecule has 33 heavy (non-hydrogen) atoms. The topological polar surface area (TPSA) is 18.5 Å². The van der Waals surface area contributed by atoms with Crippen LogP contribution in [-0.4, -0.2) is 34.7 Å². The van der Waals surface area contributed by atoms with Crippen LogP contribution in [0, 0.1) is 23.8 Å². The molecule has 0 aliphatic carbocycles. The lowest BCUT2D eigenvalue weighted by atomic mass is 9.94. The van der Waals surface area contributed by atoms with Gasteiger partial charge >= 0.3 is 0 Å². The van der Waals surface area contributed by atoms with Gasteiger partial charge in [-0.15, -0.1) is 12.0 Å².